The zero-order valence-electron chi connectivity index (χ0n) is 12.3. The van der Waals surface area contributed by atoms with Crippen molar-refractivity contribution < 1.29 is 32.2 Å². The maximum Gasteiger partial charge on any atom is 0.405 e. The second-order valence-electron chi connectivity index (χ2n) is 4.12. The first-order valence-corrected chi connectivity index (χ1v) is 6.13. The minimum atomic E-state index is -4.45. The van der Waals surface area contributed by atoms with Gasteiger partial charge in [0.05, 0.1) is 21.3 Å². The number of hydrogen-bond donors (Lipinski definition) is 1. The van der Waals surface area contributed by atoms with Crippen LogP contribution in [0, 0.1) is 0 Å². The van der Waals surface area contributed by atoms with E-state index in [-0.39, 0.29) is 0 Å². The van der Waals surface area contributed by atoms with Crippen molar-refractivity contribution in [2.24, 2.45) is 0 Å². The number of nitrogens with one attached hydrogen (secondary N) is 1. The molecule has 1 rings (SSSR count). The van der Waals surface area contributed by atoms with Crippen LogP contribution in [0.5, 0.6) is 17.2 Å². The first-order chi connectivity index (χ1) is 10.3. The summed E-state index contributed by atoms with van der Waals surface area (Å²) in [5, 5.41) is 1.73. The van der Waals surface area contributed by atoms with Crippen LogP contribution < -0.4 is 19.5 Å². The van der Waals surface area contributed by atoms with Crippen LogP contribution in [0.2, 0.25) is 0 Å². The summed E-state index contributed by atoms with van der Waals surface area (Å²) in [5.41, 5.74) is 0.511. The normalized spacial score (nSPS) is 11.4. The number of halogens is 3. The average molecular weight is 319 g/mol. The van der Waals surface area contributed by atoms with Gasteiger partial charge in [-0.1, -0.05) is 0 Å². The first kappa shape index (κ1) is 17.7. The van der Waals surface area contributed by atoms with Gasteiger partial charge in [0.15, 0.2) is 11.5 Å². The van der Waals surface area contributed by atoms with Crippen molar-refractivity contribution in [1.29, 1.82) is 0 Å². The summed E-state index contributed by atoms with van der Waals surface area (Å²) < 4.78 is 51.3. The van der Waals surface area contributed by atoms with Crippen LogP contribution in [0.15, 0.2) is 18.2 Å². The average Bonchev–Trinajstić information content (AvgIpc) is 2.48. The maximum absolute atomic E-state index is 12.0. The smallest absolute Gasteiger partial charge is 0.405 e. The Bertz CT molecular complexity index is 531. The standard InChI is InChI=1S/C14H16F3NO4/c1-20-10-6-9(7-11(21-2)13(10)22-3)4-5-12(19)18-8-14(15,16)17/h4-7H,8H2,1-3H3,(H,18,19)/b5-4+. The minimum Gasteiger partial charge on any atom is -0.493 e. The van der Waals surface area contributed by atoms with E-state index in [1.165, 1.54) is 27.4 Å². The van der Waals surface area contributed by atoms with E-state index in [9.17, 15) is 18.0 Å². The highest BCUT2D eigenvalue weighted by Crippen LogP contribution is 2.38. The van der Waals surface area contributed by atoms with Crippen molar-refractivity contribution in [3.63, 3.8) is 0 Å². The molecule has 0 spiro atoms. The Morgan fingerprint density at radius 1 is 1.14 bits per heavy atom. The summed E-state index contributed by atoms with van der Waals surface area (Å²) >= 11 is 0. The predicted molar refractivity (Wildman–Crippen MR) is 74.2 cm³/mol. The zero-order valence-corrected chi connectivity index (χ0v) is 12.3. The summed E-state index contributed by atoms with van der Waals surface area (Å²) in [6.45, 7) is -1.38. The fourth-order valence-electron chi connectivity index (χ4n) is 1.62. The van der Waals surface area contributed by atoms with Crippen LogP contribution in [0.25, 0.3) is 6.08 Å². The molecular formula is C14H16F3NO4. The van der Waals surface area contributed by atoms with E-state index in [1.54, 1.807) is 17.4 Å². The monoisotopic (exact) mass is 319 g/mol. The predicted octanol–water partition coefficient (Wildman–Crippen LogP) is 2.40. The number of alkyl halides is 3. The molecular weight excluding hydrogens is 303 g/mol. The van der Waals surface area contributed by atoms with Gasteiger partial charge in [-0.2, -0.15) is 13.2 Å². The van der Waals surface area contributed by atoms with Gasteiger partial charge in [0, 0.05) is 6.08 Å². The van der Waals surface area contributed by atoms with E-state index in [0.717, 1.165) is 6.08 Å². The Labute approximate surface area is 125 Å². The lowest BCUT2D eigenvalue weighted by Gasteiger charge is -2.12. The van der Waals surface area contributed by atoms with Crippen molar-refractivity contribution in [3.8, 4) is 17.2 Å². The van der Waals surface area contributed by atoms with Crippen LogP contribution in [0.4, 0.5) is 13.2 Å². The minimum absolute atomic E-state index is 0.372. The lowest BCUT2D eigenvalue weighted by molar-refractivity contribution is -0.135. The van der Waals surface area contributed by atoms with Gasteiger partial charge in [-0.3, -0.25) is 4.79 Å². The molecule has 0 saturated heterocycles. The Hall–Kier alpha value is -2.38. The summed E-state index contributed by atoms with van der Waals surface area (Å²) in [7, 11) is 4.31. The Balaban J connectivity index is 2.89. The number of rotatable bonds is 6. The van der Waals surface area contributed by atoms with Crippen molar-refractivity contribution in [2.75, 3.05) is 27.9 Å². The van der Waals surface area contributed by atoms with E-state index in [1.807, 2.05) is 0 Å². The second kappa shape index (κ2) is 7.58. The molecule has 1 aromatic carbocycles. The van der Waals surface area contributed by atoms with Gasteiger partial charge in [0.1, 0.15) is 6.54 Å². The second-order valence-corrected chi connectivity index (χ2v) is 4.12. The molecule has 8 heteroatoms. The van der Waals surface area contributed by atoms with E-state index in [2.05, 4.69) is 0 Å². The number of carbonyl (C=O) groups excluding carboxylic acids is 1. The number of methoxy groups -OCH3 is 3. The van der Waals surface area contributed by atoms with E-state index in [4.69, 9.17) is 14.2 Å². The van der Waals surface area contributed by atoms with Gasteiger partial charge >= 0.3 is 6.18 Å². The number of carbonyl (C=O) groups is 1. The van der Waals surface area contributed by atoms with Gasteiger partial charge in [0.25, 0.3) is 0 Å². The molecule has 122 valence electrons. The molecule has 0 aliphatic carbocycles. The molecule has 0 aromatic heterocycles. The molecule has 0 radical (unpaired) electrons. The SMILES string of the molecule is COc1cc(/C=C/C(=O)NCC(F)(F)F)cc(OC)c1OC. The van der Waals surface area contributed by atoms with Gasteiger partial charge in [-0.15, -0.1) is 0 Å². The lowest BCUT2D eigenvalue weighted by Crippen LogP contribution is -2.32. The fourth-order valence-corrected chi connectivity index (χ4v) is 1.62. The molecule has 0 aliphatic heterocycles. The lowest BCUT2D eigenvalue weighted by atomic mass is 10.1. The highest BCUT2D eigenvalue weighted by Gasteiger charge is 2.27. The molecule has 0 bridgehead atoms. The highest BCUT2D eigenvalue weighted by atomic mass is 19.4. The zero-order chi connectivity index (χ0) is 16.8. The molecule has 0 atom stereocenters. The van der Waals surface area contributed by atoms with Gasteiger partial charge < -0.3 is 19.5 Å². The molecule has 22 heavy (non-hydrogen) atoms. The number of ether oxygens (including phenoxy) is 3. The van der Waals surface area contributed by atoms with Crippen LogP contribution in [0.3, 0.4) is 0 Å². The molecule has 0 unspecified atom stereocenters. The molecule has 0 heterocycles. The van der Waals surface area contributed by atoms with Crippen molar-refractivity contribution in [3.05, 3.63) is 23.8 Å². The van der Waals surface area contributed by atoms with Crippen LogP contribution in [-0.4, -0.2) is 40.0 Å². The number of benzene rings is 1. The third-order valence-electron chi connectivity index (χ3n) is 2.58. The maximum atomic E-state index is 12.0. The molecule has 0 saturated carbocycles. The molecule has 1 amide bonds. The fraction of sp³-hybridized carbons (Fsp3) is 0.357. The Morgan fingerprint density at radius 2 is 1.68 bits per heavy atom. The van der Waals surface area contributed by atoms with Gasteiger partial charge in [-0.25, -0.2) is 0 Å². The summed E-state index contributed by atoms with van der Waals surface area (Å²) in [6, 6.07) is 3.13. The third-order valence-corrected chi connectivity index (χ3v) is 2.58. The number of amides is 1. The molecule has 0 fully saturated rings. The number of hydrogen-bond acceptors (Lipinski definition) is 4. The first-order valence-electron chi connectivity index (χ1n) is 6.13. The molecule has 0 aliphatic rings. The van der Waals surface area contributed by atoms with Crippen molar-refractivity contribution in [2.45, 2.75) is 6.18 Å². The van der Waals surface area contributed by atoms with E-state index >= 15 is 0 Å². The Kier molecular flexibility index (Phi) is 6.09. The molecule has 1 aromatic rings. The summed E-state index contributed by atoms with van der Waals surface area (Å²) in [6.07, 6.45) is -2.11. The summed E-state index contributed by atoms with van der Waals surface area (Å²) in [5.74, 6) is 0.268. The Morgan fingerprint density at radius 3 is 2.09 bits per heavy atom. The molecule has 1 N–H and O–H groups in total. The van der Waals surface area contributed by atoms with E-state index in [0.29, 0.717) is 22.8 Å². The highest BCUT2D eigenvalue weighted by molar-refractivity contribution is 5.91. The van der Waals surface area contributed by atoms with Crippen molar-refractivity contribution >= 4 is 12.0 Å². The van der Waals surface area contributed by atoms with Gasteiger partial charge in [-0.05, 0) is 23.8 Å². The topological polar surface area (TPSA) is 56.8 Å². The van der Waals surface area contributed by atoms with Crippen LogP contribution in [-0.2, 0) is 4.79 Å². The van der Waals surface area contributed by atoms with Crippen LogP contribution in [0.1, 0.15) is 5.56 Å². The van der Waals surface area contributed by atoms with E-state index < -0.39 is 18.6 Å². The largest absolute Gasteiger partial charge is 0.493 e. The molecule has 5 nitrogen and oxygen atoms in total. The quantitative estimate of drug-likeness (QED) is 0.818. The van der Waals surface area contributed by atoms with Gasteiger partial charge in [0.2, 0.25) is 11.7 Å². The van der Waals surface area contributed by atoms with Crippen molar-refractivity contribution in [1.82, 2.24) is 5.32 Å². The summed E-state index contributed by atoms with van der Waals surface area (Å²) in [4.78, 5) is 11.3. The van der Waals surface area contributed by atoms with Crippen LogP contribution >= 0.6 is 0 Å². The third kappa shape index (κ3) is 5.19.